The van der Waals surface area contributed by atoms with Gasteiger partial charge in [0, 0.05) is 27.9 Å². The van der Waals surface area contributed by atoms with E-state index < -0.39 is 0 Å². The minimum Gasteiger partial charge on any atom is -0.351 e. The Hall–Kier alpha value is -4.05. The quantitative estimate of drug-likeness (QED) is 0.388. The highest BCUT2D eigenvalue weighted by Crippen LogP contribution is 2.30. The maximum atomic E-state index is 12.3. The summed E-state index contributed by atoms with van der Waals surface area (Å²) in [6, 6.07) is 13.3. The van der Waals surface area contributed by atoms with Crippen LogP contribution in [0.5, 0.6) is 0 Å². The Labute approximate surface area is 174 Å². The van der Waals surface area contributed by atoms with Crippen LogP contribution in [-0.4, -0.2) is 31.5 Å². The Morgan fingerprint density at radius 2 is 2.03 bits per heavy atom. The number of hydrogen-bond acceptors (Lipinski definition) is 8. The van der Waals surface area contributed by atoms with E-state index in [9.17, 15) is 4.79 Å². The molecule has 0 aliphatic rings. The molecule has 3 N–H and O–H groups in total. The van der Waals surface area contributed by atoms with Crippen molar-refractivity contribution >= 4 is 44.7 Å². The van der Waals surface area contributed by atoms with Crippen LogP contribution in [0.1, 0.15) is 16.1 Å². The van der Waals surface area contributed by atoms with Crippen molar-refractivity contribution in [3.8, 4) is 10.6 Å². The third-order valence-electron chi connectivity index (χ3n) is 4.44. The minimum absolute atomic E-state index is 0.192. The summed E-state index contributed by atoms with van der Waals surface area (Å²) in [5.74, 6) is -0.159. The number of fused-ring (bicyclic) bond motifs is 1. The summed E-state index contributed by atoms with van der Waals surface area (Å²) in [4.78, 5) is 12.3. The number of nitrogens with one attached hydrogen (secondary N) is 3. The first-order chi connectivity index (χ1) is 14.7. The van der Waals surface area contributed by atoms with Crippen LogP contribution in [0.25, 0.3) is 21.5 Å². The first-order valence-electron chi connectivity index (χ1n) is 9.02. The summed E-state index contributed by atoms with van der Waals surface area (Å²) in [5, 5.41) is 27.6. The van der Waals surface area contributed by atoms with Crippen molar-refractivity contribution in [3.63, 3.8) is 0 Å². The van der Waals surface area contributed by atoms with Crippen molar-refractivity contribution in [2.75, 3.05) is 10.6 Å². The van der Waals surface area contributed by atoms with Gasteiger partial charge in [-0.2, -0.15) is 5.10 Å². The number of aromatic nitrogens is 5. The third kappa shape index (κ3) is 3.51. The van der Waals surface area contributed by atoms with Crippen LogP contribution in [0.2, 0.25) is 0 Å². The standard InChI is InChI=1S/C20H15N7O2S/c1-11-9-22-29-17(11)18(28)23-14-4-2-3-12(7-14)19-26-27-20(30-19)24-15-5-6-16-13(8-15)10-21-25-16/h2-10H,1H3,(H,21,25)(H,23,28)(H,24,27). The van der Waals surface area contributed by atoms with Crippen LogP contribution in [0.3, 0.4) is 0 Å². The Balaban J connectivity index is 1.33. The van der Waals surface area contributed by atoms with Crippen molar-refractivity contribution < 1.29 is 9.32 Å². The molecule has 0 unspecified atom stereocenters. The van der Waals surface area contributed by atoms with E-state index in [2.05, 4.69) is 36.2 Å². The number of benzene rings is 2. The number of hydrogen-bond donors (Lipinski definition) is 3. The molecule has 5 aromatic rings. The topological polar surface area (TPSA) is 122 Å². The van der Waals surface area contributed by atoms with Gasteiger partial charge < -0.3 is 15.2 Å². The monoisotopic (exact) mass is 417 g/mol. The molecule has 9 nitrogen and oxygen atoms in total. The van der Waals surface area contributed by atoms with Crippen LogP contribution >= 0.6 is 11.3 Å². The zero-order valence-corrected chi connectivity index (χ0v) is 16.5. The second-order valence-electron chi connectivity index (χ2n) is 6.58. The van der Waals surface area contributed by atoms with Gasteiger partial charge in [0.25, 0.3) is 5.91 Å². The zero-order valence-electron chi connectivity index (χ0n) is 15.7. The highest BCUT2D eigenvalue weighted by molar-refractivity contribution is 7.18. The lowest BCUT2D eigenvalue weighted by molar-refractivity contribution is 0.0987. The van der Waals surface area contributed by atoms with E-state index in [1.165, 1.54) is 17.5 Å². The number of amides is 1. The average molecular weight is 417 g/mol. The first kappa shape index (κ1) is 18.0. The van der Waals surface area contributed by atoms with E-state index in [1.54, 1.807) is 19.2 Å². The lowest BCUT2D eigenvalue weighted by Crippen LogP contribution is -2.12. The van der Waals surface area contributed by atoms with Gasteiger partial charge in [-0.1, -0.05) is 28.6 Å². The molecule has 0 radical (unpaired) electrons. The maximum absolute atomic E-state index is 12.3. The number of aromatic amines is 1. The van der Waals surface area contributed by atoms with Gasteiger partial charge in [0.2, 0.25) is 10.9 Å². The number of nitrogens with zero attached hydrogens (tertiary/aromatic N) is 4. The smallest absolute Gasteiger partial charge is 0.294 e. The average Bonchev–Trinajstić information content (AvgIpc) is 3.48. The first-order valence-corrected chi connectivity index (χ1v) is 9.84. The maximum Gasteiger partial charge on any atom is 0.294 e. The van der Waals surface area contributed by atoms with Gasteiger partial charge in [-0.3, -0.25) is 9.89 Å². The molecule has 10 heteroatoms. The molecule has 3 heterocycles. The number of anilines is 3. The van der Waals surface area contributed by atoms with Gasteiger partial charge in [-0.05, 0) is 37.3 Å². The van der Waals surface area contributed by atoms with E-state index in [-0.39, 0.29) is 11.7 Å². The van der Waals surface area contributed by atoms with Crippen molar-refractivity contribution in [1.29, 1.82) is 0 Å². The fourth-order valence-electron chi connectivity index (χ4n) is 2.96. The molecule has 0 atom stereocenters. The molecule has 30 heavy (non-hydrogen) atoms. The van der Waals surface area contributed by atoms with E-state index in [0.717, 1.165) is 27.2 Å². The third-order valence-corrected chi connectivity index (χ3v) is 5.33. The van der Waals surface area contributed by atoms with Crippen molar-refractivity contribution in [3.05, 3.63) is 66.2 Å². The summed E-state index contributed by atoms with van der Waals surface area (Å²) in [6.07, 6.45) is 3.28. The largest absolute Gasteiger partial charge is 0.351 e. The summed E-state index contributed by atoms with van der Waals surface area (Å²) < 4.78 is 5.00. The number of aryl methyl sites for hydroxylation is 1. The molecule has 148 valence electrons. The predicted molar refractivity (Wildman–Crippen MR) is 114 cm³/mol. The molecule has 3 aromatic heterocycles. The second-order valence-corrected chi connectivity index (χ2v) is 7.56. The lowest BCUT2D eigenvalue weighted by Gasteiger charge is -2.05. The van der Waals surface area contributed by atoms with E-state index in [1.807, 2.05) is 36.4 Å². The Morgan fingerprint density at radius 3 is 2.90 bits per heavy atom. The molecule has 1 amide bonds. The molecule has 5 rings (SSSR count). The summed E-state index contributed by atoms with van der Waals surface area (Å²) in [5.41, 5.74) is 4.02. The van der Waals surface area contributed by atoms with Crippen LogP contribution in [-0.2, 0) is 0 Å². The van der Waals surface area contributed by atoms with E-state index in [0.29, 0.717) is 16.4 Å². The Bertz CT molecular complexity index is 1350. The van der Waals surface area contributed by atoms with E-state index in [4.69, 9.17) is 4.52 Å². The van der Waals surface area contributed by atoms with Crippen molar-refractivity contribution in [2.45, 2.75) is 6.92 Å². The summed E-state index contributed by atoms with van der Waals surface area (Å²) >= 11 is 1.42. The van der Waals surface area contributed by atoms with Gasteiger partial charge in [-0.25, -0.2) is 0 Å². The van der Waals surface area contributed by atoms with Gasteiger partial charge >= 0.3 is 0 Å². The van der Waals surface area contributed by atoms with Crippen molar-refractivity contribution in [2.24, 2.45) is 0 Å². The van der Waals surface area contributed by atoms with E-state index >= 15 is 0 Å². The zero-order chi connectivity index (χ0) is 20.5. The fraction of sp³-hybridized carbons (Fsp3) is 0.0500. The number of rotatable bonds is 5. The lowest BCUT2D eigenvalue weighted by atomic mass is 10.2. The molecule has 0 aliphatic carbocycles. The summed E-state index contributed by atoms with van der Waals surface area (Å²) in [6.45, 7) is 1.77. The minimum atomic E-state index is -0.351. The number of carbonyl (C=O) groups excluding carboxylic acids is 1. The van der Waals surface area contributed by atoms with Gasteiger partial charge in [0.05, 0.1) is 17.9 Å². The van der Waals surface area contributed by atoms with Crippen LogP contribution in [0.15, 0.2) is 59.4 Å². The van der Waals surface area contributed by atoms with Gasteiger partial charge in [0.15, 0.2) is 0 Å². The molecule has 0 bridgehead atoms. The molecule has 2 aromatic carbocycles. The van der Waals surface area contributed by atoms with Crippen LogP contribution < -0.4 is 10.6 Å². The molecule has 0 saturated carbocycles. The number of carbonyl (C=O) groups is 1. The fourth-order valence-corrected chi connectivity index (χ4v) is 3.72. The molecule has 0 saturated heterocycles. The molecule has 0 spiro atoms. The Kier molecular flexibility index (Phi) is 4.45. The van der Waals surface area contributed by atoms with Crippen LogP contribution in [0, 0.1) is 6.92 Å². The SMILES string of the molecule is Cc1cnoc1C(=O)Nc1cccc(-c2nnc(Nc3ccc4[nH]ncc4c3)s2)c1. The van der Waals surface area contributed by atoms with Crippen molar-refractivity contribution in [1.82, 2.24) is 25.6 Å². The molecule has 0 fully saturated rings. The van der Waals surface area contributed by atoms with Crippen LogP contribution in [0.4, 0.5) is 16.5 Å². The predicted octanol–water partition coefficient (Wildman–Crippen LogP) is 4.37. The molecular weight excluding hydrogens is 402 g/mol. The van der Waals surface area contributed by atoms with Gasteiger partial charge in [-0.15, -0.1) is 10.2 Å². The second kappa shape index (κ2) is 7.41. The highest BCUT2D eigenvalue weighted by Gasteiger charge is 2.15. The summed E-state index contributed by atoms with van der Waals surface area (Å²) in [7, 11) is 0. The normalized spacial score (nSPS) is 11.0. The highest BCUT2D eigenvalue weighted by atomic mass is 32.1. The van der Waals surface area contributed by atoms with Gasteiger partial charge in [0.1, 0.15) is 5.01 Å². The molecular formula is C20H15N7O2S. The number of H-pyrrole nitrogens is 1. The Morgan fingerprint density at radius 1 is 1.10 bits per heavy atom. The molecule has 0 aliphatic heterocycles.